The molecule has 0 saturated carbocycles. The van der Waals surface area contributed by atoms with Crippen LogP contribution in [0.2, 0.25) is 0 Å². The zero-order valence-corrected chi connectivity index (χ0v) is 14.4. The number of H-pyrrole nitrogens is 1. The minimum atomic E-state index is -0.862. The van der Waals surface area contributed by atoms with Crippen LogP contribution in [-0.2, 0) is 11.2 Å². The van der Waals surface area contributed by atoms with Crippen LogP contribution in [0.3, 0.4) is 0 Å². The molecule has 2 heterocycles. The number of carboxylic acids is 1. The Labute approximate surface area is 146 Å². The zero-order valence-electron chi connectivity index (χ0n) is 14.4. The van der Waals surface area contributed by atoms with Crippen molar-refractivity contribution in [1.82, 2.24) is 25.6 Å². The smallest absolute Gasteiger partial charge is 0.307 e. The van der Waals surface area contributed by atoms with Crippen molar-refractivity contribution < 1.29 is 14.6 Å². The average molecular weight is 348 g/mol. The summed E-state index contributed by atoms with van der Waals surface area (Å²) in [6.45, 7) is 4.80. The molecule has 9 heteroatoms. The summed E-state index contributed by atoms with van der Waals surface area (Å²) < 4.78 is 5.36. The third-order valence-corrected chi connectivity index (χ3v) is 3.84. The Hall–Kier alpha value is -2.55. The number of tetrazole rings is 1. The number of carboxylic acid groups (broad SMARTS) is 1. The summed E-state index contributed by atoms with van der Waals surface area (Å²) in [7, 11) is 0. The maximum Gasteiger partial charge on any atom is 0.307 e. The highest BCUT2D eigenvalue weighted by Gasteiger charge is 2.33. The van der Waals surface area contributed by atoms with Crippen molar-refractivity contribution in [1.29, 1.82) is 0 Å². The quantitative estimate of drug-likeness (QED) is 0.578. The van der Waals surface area contributed by atoms with Crippen molar-refractivity contribution in [3.8, 4) is 5.88 Å². The van der Waals surface area contributed by atoms with Gasteiger partial charge in [0.1, 0.15) is 6.61 Å². The molecule has 9 nitrogen and oxygen atoms in total. The van der Waals surface area contributed by atoms with Crippen molar-refractivity contribution in [2.24, 2.45) is 17.6 Å². The molecule has 0 bridgehead atoms. The Morgan fingerprint density at radius 2 is 2.20 bits per heavy atom. The minimum absolute atomic E-state index is 0.237. The lowest BCUT2D eigenvalue weighted by Crippen LogP contribution is -2.26. The number of aromatic nitrogens is 5. The molecule has 0 spiro atoms. The molecule has 0 fully saturated rings. The zero-order chi connectivity index (χ0) is 18.2. The second-order valence-corrected chi connectivity index (χ2v) is 6.30. The van der Waals surface area contributed by atoms with Gasteiger partial charge in [-0.1, -0.05) is 25.1 Å². The van der Waals surface area contributed by atoms with E-state index in [1.807, 2.05) is 19.9 Å². The molecule has 25 heavy (non-hydrogen) atoms. The number of pyridine rings is 1. The predicted octanol–water partition coefficient (Wildman–Crippen LogP) is 1.01. The normalized spacial score (nSPS) is 13.6. The van der Waals surface area contributed by atoms with E-state index in [1.54, 1.807) is 12.3 Å². The van der Waals surface area contributed by atoms with E-state index in [0.29, 0.717) is 37.7 Å². The van der Waals surface area contributed by atoms with Gasteiger partial charge in [-0.25, -0.2) is 4.98 Å². The second kappa shape index (κ2) is 9.07. The van der Waals surface area contributed by atoms with Gasteiger partial charge in [0.25, 0.3) is 0 Å². The van der Waals surface area contributed by atoms with Crippen LogP contribution in [0.25, 0.3) is 0 Å². The van der Waals surface area contributed by atoms with Gasteiger partial charge in [0.15, 0.2) is 5.82 Å². The van der Waals surface area contributed by atoms with Crippen molar-refractivity contribution in [3.05, 3.63) is 29.7 Å². The summed E-state index contributed by atoms with van der Waals surface area (Å²) in [5, 5.41) is 23.7. The van der Waals surface area contributed by atoms with E-state index in [-0.39, 0.29) is 5.92 Å². The van der Waals surface area contributed by atoms with Gasteiger partial charge in [0.2, 0.25) is 5.88 Å². The Morgan fingerprint density at radius 3 is 2.72 bits per heavy atom. The summed E-state index contributed by atoms with van der Waals surface area (Å²) >= 11 is 0. The van der Waals surface area contributed by atoms with Crippen LogP contribution in [0.4, 0.5) is 0 Å². The molecular formula is C16H24N6O3. The number of rotatable bonds is 10. The van der Waals surface area contributed by atoms with E-state index >= 15 is 0 Å². The van der Waals surface area contributed by atoms with E-state index < -0.39 is 17.8 Å². The summed E-state index contributed by atoms with van der Waals surface area (Å²) in [5.74, 6) is -0.735. The number of nitrogens with one attached hydrogen (secondary N) is 1. The summed E-state index contributed by atoms with van der Waals surface area (Å²) in [6, 6.07) is 3.61. The van der Waals surface area contributed by atoms with Gasteiger partial charge in [-0.2, -0.15) is 5.21 Å². The van der Waals surface area contributed by atoms with E-state index in [4.69, 9.17) is 10.5 Å². The highest BCUT2D eigenvalue weighted by atomic mass is 16.5. The number of aromatic amines is 1. The fourth-order valence-corrected chi connectivity index (χ4v) is 2.72. The molecule has 0 aliphatic heterocycles. The van der Waals surface area contributed by atoms with Gasteiger partial charge in [-0.3, -0.25) is 4.79 Å². The number of ether oxygens (including phenoxy) is 1. The van der Waals surface area contributed by atoms with Crippen LogP contribution in [0.15, 0.2) is 18.3 Å². The highest BCUT2D eigenvalue weighted by Crippen LogP contribution is 2.31. The SMILES string of the molecule is CC(C)CC(C(=O)O)[C@H](Cc1ccc(OCCN)nc1)c1nn[nH]n1. The van der Waals surface area contributed by atoms with Gasteiger partial charge < -0.3 is 15.6 Å². The van der Waals surface area contributed by atoms with Gasteiger partial charge in [0, 0.05) is 24.7 Å². The predicted molar refractivity (Wildman–Crippen MR) is 90.0 cm³/mol. The second-order valence-electron chi connectivity index (χ2n) is 6.30. The van der Waals surface area contributed by atoms with Gasteiger partial charge in [0.05, 0.1) is 5.92 Å². The average Bonchev–Trinajstić information content (AvgIpc) is 3.11. The molecule has 0 aliphatic carbocycles. The lowest BCUT2D eigenvalue weighted by atomic mass is 9.81. The molecule has 0 aromatic carbocycles. The first-order valence-electron chi connectivity index (χ1n) is 8.25. The van der Waals surface area contributed by atoms with Crippen LogP contribution in [-0.4, -0.2) is 49.8 Å². The largest absolute Gasteiger partial charge is 0.481 e. The molecule has 1 unspecified atom stereocenters. The maximum absolute atomic E-state index is 11.8. The highest BCUT2D eigenvalue weighted by molar-refractivity contribution is 5.71. The lowest BCUT2D eigenvalue weighted by Gasteiger charge is -2.23. The summed E-state index contributed by atoms with van der Waals surface area (Å²) in [4.78, 5) is 16.0. The first-order valence-corrected chi connectivity index (χ1v) is 8.25. The van der Waals surface area contributed by atoms with Crippen LogP contribution >= 0.6 is 0 Å². The fourth-order valence-electron chi connectivity index (χ4n) is 2.72. The van der Waals surface area contributed by atoms with Gasteiger partial charge in [-0.15, -0.1) is 10.2 Å². The summed E-state index contributed by atoms with van der Waals surface area (Å²) in [6.07, 6.45) is 2.65. The number of hydrogen-bond donors (Lipinski definition) is 3. The molecule has 2 aromatic rings. The molecule has 0 aliphatic rings. The number of hydrogen-bond acceptors (Lipinski definition) is 7. The molecule has 2 atom stereocenters. The van der Waals surface area contributed by atoms with Crippen LogP contribution in [0.5, 0.6) is 5.88 Å². The van der Waals surface area contributed by atoms with Crippen LogP contribution in [0, 0.1) is 11.8 Å². The number of carbonyl (C=O) groups is 1. The van der Waals surface area contributed by atoms with Crippen LogP contribution in [0.1, 0.15) is 37.6 Å². The van der Waals surface area contributed by atoms with E-state index in [1.165, 1.54) is 0 Å². The molecule has 0 saturated heterocycles. The number of nitrogens with two attached hydrogens (primary N) is 1. The van der Waals surface area contributed by atoms with E-state index in [0.717, 1.165) is 5.56 Å². The Morgan fingerprint density at radius 1 is 1.40 bits per heavy atom. The topological polar surface area (TPSA) is 140 Å². The minimum Gasteiger partial charge on any atom is -0.481 e. The van der Waals surface area contributed by atoms with Crippen molar-refractivity contribution in [2.45, 2.75) is 32.6 Å². The van der Waals surface area contributed by atoms with Crippen molar-refractivity contribution in [3.63, 3.8) is 0 Å². The Bertz CT molecular complexity index is 644. The van der Waals surface area contributed by atoms with E-state index in [9.17, 15) is 9.90 Å². The van der Waals surface area contributed by atoms with E-state index in [2.05, 4.69) is 25.6 Å². The van der Waals surface area contributed by atoms with Gasteiger partial charge in [-0.05, 0) is 24.3 Å². The molecule has 2 rings (SSSR count). The Kier molecular flexibility index (Phi) is 6.81. The molecule has 4 N–H and O–H groups in total. The molecular weight excluding hydrogens is 324 g/mol. The van der Waals surface area contributed by atoms with Crippen LogP contribution < -0.4 is 10.5 Å². The molecule has 136 valence electrons. The summed E-state index contributed by atoms with van der Waals surface area (Å²) in [5.41, 5.74) is 6.28. The van der Waals surface area contributed by atoms with Crippen molar-refractivity contribution in [2.75, 3.05) is 13.2 Å². The first-order chi connectivity index (χ1) is 12.0. The monoisotopic (exact) mass is 348 g/mol. The van der Waals surface area contributed by atoms with Gasteiger partial charge >= 0.3 is 5.97 Å². The third-order valence-electron chi connectivity index (χ3n) is 3.84. The first kappa shape index (κ1) is 18.8. The standard InChI is InChI=1S/C16H24N6O3/c1-10(2)7-13(16(23)24)12(15-19-21-22-20-15)8-11-3-4-14(18-9-11)25-6-5-17/h3-4,9-10,12-13H,5-8,17H2,1-2H3,(H,23,24)(H,19,20,21,22)/t12-,13?/m0/s1. The molecule has 2 aromatic heterocycles. The molecule has 0 radical (unpaired) electrons. The number of aliphatic carboxylic acids is 1. The number of nitrogens with zero attached hydrogens (tertiary/aromatic N) is 4. The maximum atomic E-state index is 11.8. The van der Waals surface area contributed by atoms with Crippen molar-refractivity contribution >= 4 is 5.97 Å². The Balaban J connectivity index is 2.20. The third kappa shape index (κ3) is 5.49. The lowest BCUT2D eigenvalue weighted by molar-refractivity contribution is -0.143. The fraction of sp³-hybridized carbons (Fsp3) is 0.562. The molecule has 0 amide bonds.